The summed E-state index contributed by atoms with van der Waals surface area (Å²) in [6.07, 6.45) is 0.460. The fourth-order valence-electron chi connectivity index (χ4n) is 3.42. The lowest BCUT2D eigenvalue weighted by molar-refractivity contribution is -0.175. The van der Waals surface area contributed by atoms with Gasteiger partial charge in [-0.25, -0.2) is 4.79 Å². The molecule has 2 aliphatic rings. The first-order chi connectivity index (χ1) is 10.9. The molecule has 0 saturated carbocycles. The molecule has 23 heavy (non-hydrogen) atoms. The number of esters is 1. The van der Waals surface area contributed by atoms with Crippen LogP contribution < -0.4 is 4.74 Å². The largest absolute Gasteiger partial charge is 0.468 e. The molecule has 0 radical (unpaired) electrons. The first-order valence-electron chi connectivity index (χ1n) is 7.65. The Bertz CT molecular complexity index is 685. The molecule has 1 fully saturated rings. The minimum Gasteiger partial charge on any atom is -0.468 e. The molecule has 122 valence electrons. The normalized spacial score (nSPS) is 28.7. The molecule has 1 aromatic rings. The van der Waals surface area contributed by atoms with Crippen molar-refractivity contribution in [1.29, 1.82) is 0 Å². The second-order valence-electron chi connectivity index (χ2n) is 6.09. The number of hydrogen-bond donors (Lipinski definition) is 0. The molecular weight excluding hydrogens is 298 g/mol. The molecule has 3 rings (SSSR count). The molecule has 2 aliphatic heterocycles. The molecule has 0 aromatic heterocycles. The summed E-state index contributed by atoms with van der Waals surface area (Å²) in [5, 5.41) is 0. The van der Waals surface area contributed by atoms with Gasteiger partial charge < -0.3 is 14.4 Å². The van der Waals surface area contributed by atoms with Gasteiger partial charge in [0.05, 0.1) is 6.61 Å². The molecule has 0 aliphatic carbocycles. The lowest BCUT2D eigenvalue weighted by Crippen LogP contribution is -2.62. The van der Waals surface area contributed by atoms with E-state index in [1.54, 1.807) is 14.0 Å². The number of fused-ring (bicyclic) bond motifs is 4. The highest BCUT2D eigenvalue weighted by atomic mass is 16.5. The van der Waals surface area contributed by atoms with Crippen LogP contribution in [0.5, 0.6) is 5.75 Å². The number of piperidine rings is 1. The van der Waals surface area contributed by atoms with Gasteiger partial charge in [0.25, 0.3) is 5.78 Å². The van der Waals surface area contributed by atoms with Gasteiger partial charge in [0, 0.05) is 19.4 Å². The molecule has 2 bridgehead atoms. The topological polar surface area (TPSA) is 72.9 Å². The van der Waals surface area contributed by atoms with Crippen LogP contribution in [0.1, 0.15) is 31.7 Å². The number of rotatable bonds is 3. The van der Waals surface area contributed by atoms with Crippen LogP contribution in [0.2, 0.25) is 0 Å². The van der Waals surface area contributed by atoms with Crippen LogP contribution in [0.4, 0.5) is 0 Å². The van der Waals surface area contributed by atoms with Gasteiger partial charge in [0.2, 0.25) is 5.91 Å². The summed E-state index contributed by atoms with van der Waals surface area (Å²) in [6.45, 7) is 3.54. The minimum absolute atomic E-state index is 0.101. The number of ketones is 1. The standard InChI is InChI=1S/C17H19NO5/c1-4-22-16(21)14(19)13-11-9-17(2,18(3)15(13)20)23-12-8-6-5-7-10(11)12/h5-8,11,13H,4,9H2,1-3H3/t11-,13-,17+/m0/s1. The van der Waals surface area contributed by atoms with Gasteiger partial charge in [-0.05, 0) is 25.5 Å². The molecule has 3 atom stereocenters. The third kappa shape index (κ3) is 2.29. The minimum atomic E-state index is -1.06. The number of benzene rings is 1. The Kier molecular flexibility index (Phi) is 3.62. The van der Waals surface area contributed by atoms with Crippen molar-refractivity contribution >= 4 is 17.7 Å². The highest BCUT2D eigenvalue weighted by Crippen LogP contribution is 2.49. The van der Waals surface area contributed by atoms with Crippen LogP contribution in [-0.2, 0) is 19.1 Å². The van der Waals surface area contributed by atoms with E-state index in [1.807, 2.05) is 31.2 Å². The van der Waals surface area contributed by atoms with Gasteiger partial charge in [0.15, 0.2) is 5.72 Å². The Hall–Kier alpha value is -2.37. The molecule has 6 nitrogen and oxygen atoms in total. The van der Waals surface area contributed by atoms with Crippen molar-refractivity contribution in [3.05, 3.63) is 29.8 Å². The number of carbonyl (C=O) groups excluding carboxylic acids is 3. The molecule has 1 saturated heterocycles. The Labute approximate surface area is 134 Å². The molecular formula is C17H19NO5. The summed E-state index contributed by atoms with van der Waals surface area (Å²) in [5.41, 5.74) is -0.0317. The van der Waals surface area contributed by atoms with Crippen LogP contribution in [0.25, 0.3) is 0 Å². The van der Waals surface area contributed by atoms with E-state index in [-0.39, 0.29) is 12.5 Å². The van der Waals surface area contributed by atoms with Crippen molar-refractivity contribution in [2.45, 2.75) is 31.9 Å². The summed E-state index contributed by atoms with van der Waals surface area (Å²) in [5.74, 6) is -2.94. The van der Waals surface area contributed by atoms with Crippen molar-refractivity contribution in [1.82, 2.24) is 4.90 Å². The van der Waals surface area contributed by atoms with E-state index in [2.05, 4.69) is 0 Å². The monoisotopic (exact) mass is 317 g/mol. The molecule has 1 aromatic carbocycles. The smallest absolute Gasteiger partial charge is 0.375 e. The molecule has 0 N–H and O–H groups in total. The lowest BCUT2D eigenvalue weighted by Gasteiger charge is -2.51. The van der Waals surface area contributed by atoms with Gasteiger partial charge in [-0.15, -0.1) is 0 Å². The summed E-state index contributed by atoms with van der Waals surface area (Å²) in [4.78, 5) is 38.5. The average Bonchev–Trinajstić information content (AvgIpc) is 2.53. The molecule has 0 unspecified atom stereocenters. The third-order valence-electron chi connectivity index (χ3n) is 4.71. The van der Waals surface area contributed by atoms with E-state index in [0.29, 0.717) is 12.2 Å². The number of amides is 1. The van der Waals surface area contributed by atoms with Gasteiger partial charge in [0.1, 0.15) is 11.7 Å². The Morgan fingerprint density at radius 1 is 1.39 bits per heavy atom. The Balaban J connectivity index is 2.06. The maximum absolute atomic E-state index is 12.7. The summed E-state index contributed by atoms with van der Waals surface area (Å²) >= 11 is 0. The summed E-state index contributed by atoms with van der Waals surface area (Å²) < 4.78 is 10.8. The van der Waals surface area contributed by atoms with Crippen molar-refractivity contribution in [2.24, 2.45) is 5.92 Å². The number of nitrogens with zero attached hydrogens (tertiary/aromatic N) is 1. The lowest BCUT2D eigenvalue weighted by atomic mass is 9.72. The number of likely N-dealkylation sites (tertiary alicyclic amines) is 1. The van der Waals surface area contributed by atoms with E-state index in [4.69, 9.17) is 9.47 Å². The van der Waals surface area contributed by atoms with Crippen LogP contribution in [0, 0.1) is 5.92 Å². The van der Waals surface area contributed by atoms with Crippen LogP contribution in [0.15, 0.2) is 24.3 Å². The average molecular weight is 317 g/mol. The second-order valence-corrected chi connectivity index (χ2v) is 6.09. The molecule has 1 amide bonds. The van der Waals surface area contributed by atoms with Crippen molar-refractivity contribution < 1.29 is 23.9 Å². The maximum Gasteiger partial charge on any atom is 0.375 e. The zero-order valence-corrected chi connectivity index (χ0v) is 13.4. The molecule has 6 heteroatoms. The number of para-hydroxylation sites is 1. The zero-order valence-electron chi connectivity index (χ0n) is 13.4. The van der Waals surface area contributed by atoms with Crippen LogP contribution >= 0.6 is 0 Å². The fraction of sp³-hybridized carbons (Fsp3) is 0.471. The van der Waals surface area contributed by atoms with Gasteiger partial charge >= 0.3 is 5.97 Å². The molecule has 0 spiro atoms. The van der Waals surface area contributed by atoms with Crippen LogP contribution in [0.3, 0.4) is 0 Å². The van der Waals surface area contributed by atoms with Gasteiger partial charge in [-0.2, -0.15) is 0 Å². The fourth-order valence-corrected chi connectivity index (χ4v) is 3.42. The molecule has 2 heterocycles. The number of ether oxygens (including phenoxy) is 2. The van der Waals surface area contributed by atoms with Crippen molar-refractivity contribution in [2.75, 3.05) is 13.7 Å². The van der Waals surface area contributed by atoms with E-state index >= 15 is 0 Å². The number of hydrogen-bond acceptors (Lipinski definition) is 5. The van der Waals surface area contributed by atoms with E-state index in [1.165, 1.54) is 4.90 Å². The van der Waals surface area contributed by atoms with E-state index < -0.39 is 29.3 Å². The van der Waals surface area contributed by atoms with Gasteiger partial charge in [-0.3, -0.25) is 9.59 Å². The van der Waals surface area contributed by atoms with Crippen LogP contribution in [-0.4, -0.2) is 41.9 Å². The SMILES string of the molecule is CCOC(=O)C(=O)[C@H]1C(=O)N(C)[C@@]2(C)C[C@H]1c1ccccc1O2. The maximum atomic E-state index is 12.7. The quantitative estimate of drug-likeness (QED) is 0.480. The summed E-state index contributed by atoms with van der Waals surface area (Å²) in [6, 6.07) is 7.33. The third-order valence-corrected chi connectivity index (χ3v) is 4.71. The van der Waals surface area contributed by atoms with E-state index in [9.17, 15) is 14.4 Å². The highest BCUT2D eigenvalue weighted by molar-refractivity contribution is 6.38. The number of carbonyl (C=O) groups is 3. The summed E-state index contributed by atoms with van der Waals surface area (Å²) in [7, 11) is 1.60. The van der Waals surface area contributed by atoms with E-state index in [0.717, 1.165) is 5.56 Å². The zero-order chi connectivity index (χ0) is 16.8. The van der Waals surface area contributed by atoms with Gasteiger partial charge in [-0.1, -0.05) is 18.2 Å². The van der Waals surface area contributed by atoms with Crippen molar-refractivity contribution in [3.8, 4) is 5.75 Å². The predicted octanol–water partition coefficient (Wildman–Crippen LogP) is 1.49. The van der Waals surface area contributed by atoms with Crippen molar-refractivity contribution in [3.63, 3.8) is 0 Å². The highest BCUT2D eigenvalue weighted by Gasteiger charge is 2.55. The number of Topliss-reactive ketones (excluding diaryl/α,β-unsaturated/α-hetero) is 1. The Morgan fingerprint density at radius 3 is 2.78 bits per heavy atom. The first kappa shape index (κ1) is 15.5. The predicted molar refractivity (Wildman–Crippen MR) is 80.7 cm³/mol. The second kappa shape index (κ2) is 5.37. The Morgan fingerprint density at radius 2 is 2.09 bits per heavy atom. The first-order valence-corrected chi connectivity index (χ1v) is 7.65.